The fourth-order valence-corrected chi connectivity index (χ4v) is 7.54. The van der Waals surface area contributed by atoms with Crippen LogP contribution in [0.4, 0.5) is 11.4 Å². The molecule has 8 heteroatoms. The molecule has 0 fully saturated rings. The van der Waals surface area contributed by atoms with E-state index in [4.69, 9.17) is 0 Å². The third-order valence-electron chi connectivity index (χ3n) is 11.0. The molecular weight excluding hydrogens is 709 g/mol. The molecule has 0 saturated carbocycles. The summed E-state index contributed by atoms with van der Waals surface area (Å²) in [5, 5.41) is 20.9. The molecule has 0 spiro atoms. The largest absolute Gasteiger partial charge is 0.278 e. The maximum atomic E-state index is 14.4. The highest BCUT2D eigenvalue weighted by Crippen LogP contribution is 2.40. The summed E-state index contributed by atoms with van der Waals surface area (Å²) < 4.78 is 0. The molecule has 8 nitrogen and oxygen atoms in total. The van der Waals surface area contributed by atoms with E-state index < -0.39 is 17.7 Å². The number of hydrogen-bond acceptors (Lipinski definition) is 6. The van der Waals surface area contributed by atoms with Crippen molar-refractivity contribution in [2.75, 3.05) is 9.80 Å². The van der Waals surface area contributed by atoms with Gasteiger partial charge in [0.2, 0.25) is 6.41 Å². The highest BCUT2D eigenvalue weighted by Gasteiger charge is 2.39. The molecular formula is C49H52N4O4. The number of rotatable bonds is 16. The number of benzene rings is 4. The number of anilines is 2. The summed E-state index contributed by atoms with van der Waals surface area (Å²) in [4.78, 5) is 57.6. The van der Waals surface area contributed by atoms with Crippen molar-refractivity contribution in [2.24, 2.45) is 11.8 Å². The van der Waals surface area contributed by atoms with Crippen molar-refractivity contribution in [3.63, 3.8) is 0 Å². The van der Waals surface area contributed by atoms with Gasteiger partial charge in [-0.15, -0.1) is 0 Å². The van der Waals surface area contributed by atoms with Gasteiger partial charge in [0.1, 0.15) is 6.07 Å². The predicted octanol–water partition coefficient (Wildman–Crippen LogP) is 11.1. The first-order chi connectivity index (χ1) is 27.3. The molecule has 5 rings (SSSR count). The van der Waals surface area contributed by atoms with E-state index >= 15 is 0 Å². The molecule has 292 valence electrons. The van der Waals surface area contributed by atoms with Crippen LogP contribution in [0.15, 0.2) is 84.0 Å². The van der Waals surface area contributed by atoms with Crippen LogP contribution in [-0.4, -0.2) is 24.1 Å². The molecule has 0 radical (unpaired) electrons. The maximum Gasteiger partial charge on any atom is 0.267 e. The van der Waals surface area contributed by atoms with Crippen molar-refractivity contribution < 1.29 is 19.2 Å². The Morgan fingerprint density at radius 3 is 1.75 bits per heavy atom. The first-order valence-corrected chi connectivity index (χ1v) is 19.9. The zero-order valence-electron chi connectivity index (χ0n) is 34.2. The van der Waals surface area contributed by atoms with Gasteiger partial charge >= 0.3 is 0 Å². The van der Waals surface area contributed by atoms with Crippen LogP contribution in [0.1, 0.15) is 139 Å². The minimum Gasteiger partial charge on any atom is -0.278 e. The number of aryl methyl sites for hydroxylation is 3. The Morgan fingerprint density at radius 1 is 0.737 bits per heavy atom. The fourth-order valence-electron chi connectivity index (χ4n) is 7.54. The van der Waals surface area contributed by atoms with Crippen LogP contribution in [-0.2, 0) is 17.6 Å². The number of hydrogen-bond donors (Lipinski definition) is 0. The Labute approximate surface area is 337 Å². The van der Waals surface area contributed by atoms with Crippen LogP contribution in [0.3, 0.4) is 0 Å². The van der Waals surface area contributed by atoms with Gasteiger partial charge in [-0.3, -0.25) is 19.2 Å². The molecule has 1 aliphatic heterocycles. The Hall–Kier alpha value is -6.12. The number of imide groups is 2. The minimum atomic E-state index is -0.748. The topological polar surface area (TPSA) is 122 Å². The van der Waals surface area contributed by atoms with E-state index in [0.29, 0.717) is 35.2 Å². The average molecular weight is 761 g/mol. The van der Waals surface area contributed by atoms with Crippen molar-refractivity contribution in [3.05, 3.63) is 128 Å². The Morgan fingerprint density at radius 2 is 1.26 bits per heavy atom. The second-order valence-electron chi connectivity index (χ2n) is 16.0. The number of amides is 4. The molecule has 4 aromatic carbocycles. The summed E-state index contributed by atoms with van der Waals surface area (Å²) in [7, 11) is 0. The van der Waals surface area contributed by atoms with Gasteiger partial charge < -0.3 is 0 Å². The molecule has 4 aromatic rings. The van der Waals surface area contributed by atoms with Crippen LogP contribution in [0.2, 0.25) is 0 Å². The SMILES string of the molecule is CC(C)=CCCC(C)CCc1ccc(N(C=O)C(=O)c2cc(C#N)c3c4c(cc(C#N)c(C)c24)C(=O)N(c2ccc(CCC(C)CCC=C(C)C)cc2)C3=O)cc1. The quantitative estimate of drug-likeness (QED) is 0.0636. The van der Waals surface area contributed by atoms with E-state index in [1.165, 1.54) is 23.3 Å². The van der Waals surface area contributed by atoms with E-state index in [-0.39, 0.29) is 38.6 Å². The molecule has 4 amide bonds. The van der Waals surface area contributed by atoms with Gasteiger partial charge in [-0.2, -0.15) is 10.5 Å². The van der Waals surface area contributed by atoms with E-state index in [0.717, 1.165) is 72.3 Å². The van der Waals surface area contributed by atoms with Gasteiger partial charge in [-0.1, -0.05) is 61.4 Å². The van der Waals surface area contributed by atoms with Crippen molar-refractivity contribution in [1.29, 1.82) is 10.5 Å². The van der Waals surface area contributed by atoms with Gasteiger partial charge in [0.25, 0.3) is 17.7 Å². The molecule has 0 aliphatic carbocycles. The van der Waals surface area contributed by atoms with Gasteiger partial charge in [0.15, 0.2) is 0 Å². The zero-order valence-corrected chi connectivity index (χ0v) is 34.2. The van der Waals surface area contributed by atoms with Crippen LogP contribution in [0.5, 0.6) is 0 Å². The number of allylic oxidation sites excluding steroid dienone is 4. The number of nitriles is 2. The van der Waals surface area contributed by atoms with E-state index in [1.807, 2.05) is 24.3 Å². The summed E-state index contributed by atoms with van der Waals surface area (Å²) in [5.41, 5.74) is 5.76. The van der Waals surface area contributed by atoms with Crippen molar-refractivity contribution >= 4 is 46.3 Å². The predicted molar refractivity (Wildman–Crippen MR) is 227 cm³/mol. The summed E-state index contributed by atoms with van der Waals surface area (Å²) in [6, 6.07) is 21.4. The van der Waals surface area contributed by atoms with Crippen molar-refractivity contribution in [3.8, 4) is 12.1 Å². The van der Waals surface area contributed by atoms with Crippen LogP contribution in [0, 0.1) is 41.4 Å². The normalized spacial score (nSPS) is 13.0. The lowest BCUT2D eigenvalue weighted by molar-refractivity contribution is -0.106. The monoisotopic (exact) mass is 760 g/mol. The van der Waals surface area contributed by atoms with Crippen molar-refractivity contribution in [2.45, 2.75) is 99.8 Å². The first kappa shape index (κ1) is 42.0. The molecule has 2 unspecified atom stereocenters. The zero-order chi connectivity index (χ0) is 41.4. The lowest BCUT2D eigenvalue weighted by atomic mass is 9.83. The summed E-state index contributed by atoms with van der Waals surface area (Å²) >= 11 is 0. The van der Waals surface area contributed by atoms with Gasteiger partial charge in [-0.25, -0.2) is 9.80 Å². The highest BCUT2D eigenvalue weighted by atomic mass is 16.2. The van der Waals surface area contributed by atoms with Gasteiger partial charge in [0, 0.05) is 16.3 Å². The van der Waals surface area contributed by atoms with Crippen LogP contribution >= 0.6 is 0 Å². The fraction of sp³-hybridized carbons (Fsp3) is 0.347. The third kappa shape index (κ3) is 9.47. The second kappa shape index (κ2) is 18.7. The minimum absolute atomic E-state index is 0.0271. The van der Waals surface area contributed by atoms with Crippen LogP contribution < -0.4 is 9.80 Å². The molecule has 0 bridgehead atoms. The molecule has 57 heavy (non-hydrogen) atoms. The third-order valence-corrected chi connectivity index (χ3v) is 11.0. The molecule has 0 N–H and O–H groups in total. The van der Waals surface area contributed by atoms with Gasteiger partial charge in [0.05, 0.1) is 39.7 Å². The smallest absolute Gasteiger partial charge is 0.267 e. The summed E-state index contributed by atoms with van der Waals surface area (Å²) in [5.74, 6) is -1.05. The number of nitrogens with zero attached hydrogens (tertiary/aromatic N) is 4. The van der Waals surface area contributed by atoms with E-state index in [9.17, 15) is 29.7 Å². The van der Waals surface area contributed by atoms with E-state index in [2.05, 4.69) is 65.8 Å². The Kier molecular flexibility index (Phi) is 13.8. The standard InChI is InChI=1S/C49H52N4O4/c1-31(2)10-8-12-33(5)14-16-36-18-22-40(23-19-36)52(30-54)47(55)42-27-39(29-51)45-46-43(26-38(28-50)35(7)44(42)46)48(56)53(49(45)57)41-24-20-37(21-25-41)17-15-34(6)13-9-11-32(3)4/h10-11,18-27,30,33-34H,8-9,12-17H2,1-7H3. The molecule has 1 heterocycles. The lowest BCUT2D eigenvalue weighted by Gasteiger charge is -2.30. The summed E-state index contributed by atoms with van der Waals surface area (Å²) in [6.07, 6.45) is 12.9. The molecule has 0 aromatic heterocycles. The number of carbonyl (C=O) groups excluding carboxylic acids is 4. The molecule has 1 aliphatic rings. The van der Waals surface area contributed by atoms with Gasteiger partial charge in [-0.05, 0) is 151 Å². The van der Waals surface area contributed by atoms with Crippen molar-refractivity contribution in [1.82, 2.24) is 0 Å². The first-order valence-electron chi connectivity index (χ1n) is 19.9. The summed E-state index contributed by atoms with van der Waals surface area (Å²) in [6.45, 7) is 14.5. The second-order valence-corrected chi connectivity index (χ2v) is 16.0. The highest BCUT2D eigenvalue weighted by molar-refractivity contribution is 6.38. The molecule has 0 saturated heterocycles. The number of carbonyl (C=O) groups is 4. The lowest BCUT2D eigenvalue weighted by Crippen LogP contribution is -2.41. The molecule has 2 atom stereocenters. The van der Waals surface area contributed by atoms with E-state index in [1.54, 1.807) is 31.2 Å². The van der Waals surface area contributed by atoms with Crippen LogP contribution in [0.25, 0.3) is 10.8 Å². The Bertz CT molecular complexity index is 2330. The maximum absolute atomic E-state index is 14.4. The Balaban J connectivity index is 1.45. The average Bonchev–Trinajstić information content (AvgIpc) is 3.19.